The van der Waals surface area contributed by atoms with E-state index in [0.717, 1.165) is 30.5 Å². The number of carbonyl (C=O) groups is 2. The topological polar surface area (TPSA) is 110 Å². The van der Waals surface area contributed by atoms with Crippen LogP contribution in [0.5, 0.6) is 0 Å². The maximum atomic E-state index is 14.0. The van der Waals surface area contributed by atoms with E-state index in [1.807, 2.05) is 11.8 Å². The fourth-order valence-corrected chi connectivity index (χ4v) is 5.07. The van der Waals surface area contributed by atoms with E-state index in [1.54, 1.807) is 28.0 Å². The predicted molar refractivity (Wildman–Crippen MR) is 124 cm³/mol. The Labute approximate surface area is 200 Å². The van der Waals surface area contributed by atoms with Crippen LogP contribution in [0.15, 0.2) is 36.7 Å². The zero-order valence-corrected chi connectivity index (χ0v) is 19.2. The molecule has 5 rings (SSSR count). The van der Waals surface area contributed by atoms with Crippen LogP contribution in [0.25, 0.3) is 5.82 Å². The smallest absolute Gasteiger partial charge is 0.286 e. The van der Waals surface area contributed by atoms with E-state index in [9.17, 15) is 18.4 Å². The highest BCUT2D eigenvalue weighted by atomic mass is 19.2. The van der Waals surface area contributed by atoms with Gasteiger partial charge in [0.05, 0.1) is 11.7 Å². The average molecular weight is 482 g/mol. The van der Waals surface area contributed by atoms with E-state index < -0.39 is 23.1 Å². The summed E-state index contributed by atoms with van der Waals surface area (Å²) in [5, 5.41) is 4.26. The molecule has 3 aromatic rings. The van der Waals surface area contributed by atoms with Crippen LogP contribution < -0.4 is 15.5 Å². The molecule has 0 atom stereocenters. The van der Waals surface area contributed by atoms with Gasteiger partial charge in [0.2, 0.25) is 11.7 Å². The van der Waals surface area contributed by atoms with Gasteiger partial charge in [0.15, 0.2) is 17.5 Å². The van der Waals surface area contributed by atoms with Crippen molar-refractivity contribution in [1.82, 2.24) is 19.7 Å². The number of piperidine rings is 2. The van der Waals surface area contributed by atoms with Gasteiger partial charge in [-0.1, -0.05) is 0 Å². The SMILES string of the molecule is Cc1cnn(-c2cc(N3CCC4(CCCC(=O)N4c4ccc(F)c(F)c4)CC3)nc(C(N)=O)n2)c1. The molecule has 0 unspecified atom stereocenters. The molecule has 2 saturated heterocycles. The number of anilines is 2. The average Bonchev–Trinajstić information content (AvgIpc) is 3.28. The molecule has 0 bridgehead atoms. The molecule has 11 heteroatoms. The van der Waals surface area contributed by atoms with Gasteiger partial charge in [0.1, 0.15) is 5.82 Å². The highest BCUT2D eigenvalue weighted by Crippen LogP contribution is 2.42. The Morgan fingerprint density at radius 2 is 1.80 bits per heavy atom. The lowest BCUT2D eigenvalue weighted by Crippen LogP contribution is -2.60. The fourth-order valence-electron chi connectivity index (χ4n) is 5.07. The molecule has 0 saturated carbocycles. The van der Waals surface area contributed by atoms with E-state index in [0.29, 0.717) is 49.7 Å². The number of hydrogen-bond donors (Lipinski definition) is 1. The van der Waals surface area contributed by atoms with Crippen molar-refractivity contribution in [2.24, 2.45) is 5.73 Å². The molecule has 2 fully saturated rings. The van der Waals surface area contributed by atoms with Crippen LogP contribution in [0.4, 0.5) is 20.3 Å². The summed E-state index contributed by atoms with van der Waals surface area (Å²) in [6.07, 6.45) is 6.54. The van der Waals surface area contributed by atoms with Gasteiger partial charge in [-0.05, 0) is 50.3 Å². The second-order valence-electron chi connectivity index (χ2n) is 9.13. The standard InChI is InChI=1S/C24H25F2N7O2/c1-15-13-28-32(14-15)20-12-19(29-23(30-20)22(27)35)31-9-7-24(8-10-31)6-2-3-21(34)33(24)16-4-5-17(25)18(26)11-16/h4-5,11-14H,2-3,6-10H2,1H3,(H2,27,35). The van der Waals surface area contributed by atoms with Crippen molar-refractivity contribution in [3.8, 4) is 5.82 Å². The first-order chi connectivity index (χ1) is 16.8. The molecule has 1 aromatic carbocycles. The largest absolute Gasteiger partial charge is 0.363 e. The van der Waals surface area contributed by atoms with Gasteiger partial charge < -0.3 is 15.5 Å². The van der Waals surface area contributed by atoms with Gasteiger partial charge in [-0.15, -0.1) is 0 Å². The van der Waals surface area contributed by atoms with E-state index in [4.69, 9.17) is 5.73 Å². The lowest BCUT2D eigenvalue weighted by molar-refractivity contribution is -0.121. The monoisotopic (exact) mass is 481 g/mol. The van der Waals surface area contributed by atoms with E-state index in [1.165, 1.54) is 6.07 Å². The Balaban J connectivity index is 1.44. The minimum absolute atomic E-state index is 0.0925. The molecule has 2 aromatic heterocycles. The molecule has 1 spiro atoms. The van der Waals surface area contributed by atoms with Crippen molar-refractivity contribution >= 4 is 23.3 Å². The first-order valence-corrected chi connectivity index (χ1v) is 11.5. The zero-order chi connectivity index (χ0) is 24.7. The third-order valence-corrected chi connectivity index (χ3v) is 6.80. The first kappa shape index (κ1) is 22.9. The number of aromatic nitrogens is 4. The number of carbonyl (C=O) groups excluding carboxylic acids is 2. The molecular weight excluding hydrogens is 456 g/mol. The number of nitrogens with zero attached hydrogens (tertiary/aromatic N) is 6. The van der Waals surface area contributed by atoms with Crippen molar-refractivity contribution in [3.05, 3.63) is 59.7 Å². The summed E-state index contributed by atoms with van der Waals surface area (Å²) in [6.45, 7) is 2.98. The molecule has 182 valence electrons. The highest BCUT2D eigenvalue weighted by Gasteiger charge is 2.45. The first-order valence-electron chi connectivity index (χ1n) is 11.5. The lowest BCUT2D eigenvalue weighted by atomic mass is 9.78. The summed E-state index contributed by atoms with van der Waals surface area (Å²) in [6, 6.07) is 5.35. The number of rotatable bonds is 4. The van der Waals surface area contributed by atoms with Crippen LogP contribution in [0.1, 0.15) is 48.3 Å². The van der Waals surface area contributed by atoms with Crippen LogP contribution in [0, 0.1) is 18.6 Å². The minimum atomic E-state index is -0.977. The van der Waals surface area contributed by atoms with Crippen molar-refractivity contribution in [3.63, 3.8) is 0 Å². The number of benzene rings is 1. The van der Waals surface area contributed by atoms with Crippen LogP contribution in [-0.2, 0) is 4.79 Å². The van der Waals surface area contributed by atoms with Crippen LogP contribution in [0.3, 0.4) is 0 Å². The number of nitrogens with two attached hydrogens (primary N) is 1. The van der Waals surface area contributed by atoms with E-state index in [-0.39, 0.29) is 11.7 Å². The Morgan fingerprint density at radius 1 is 1.06 bits per heavy atom. The molecule has 2 aliphatic heterocycles. The second kappa shape index (κ2) is 8.71. The van der Waals surface area contributed by atoms with Crippen LogP contribution in [-0.4, -0.2) is 50.2 Å². The Bertz CT molecular complexity index is 1300. The third-order valence-electron chi connectivity index (χ3n) is 6.80. The summed E-state index contributed by atoms with van der Waals surface area (Å²) in [5.74, 6) is -1.91. The Hall–Kier alpha value is -3.89. The minimum Gasteiger partial charge on any atom is -0.363 e. The second-order valence-corrected chi connectivity index (χ2v) is 9.13. The van der Waals surface area contributed by atoms with Crippen molar-refractivity contribution in [2.75, 3.05) is 22.9 Å². The molecule has 0 radical (unpaired) electrons. The number of primary amides is 1. The molecule has 35 heavy (non-hydrogen) atoms. The van der Waals surface area contributed by atoms with Gasteiger partial charge in [0, 0.05) is 43.5 Å². The van der Waals surface area contributed by atoms with Crippen molar-refractivity contribution < 1.29 is 18.4 Å². The maximum Gasteiger partial charge on any atom is 0.286 e. The Kier molecular flexibility index (Phi) is 5.70. The van der Waals surface area contributed by atoms with Crippen molar-refractivity contribution in [2.45, 2.75) is 44.6 Å². The fraction of sp³-hybridized carbons (Fsp3) is 0.375. The van der Waals surface area contributed by atoms with Gasteiger partial charge in [0.25, 0.3) is 5.91 Å². The lowest BCUT2D eigenvalue weighted by Gasteiger charge is -2.51. The summed E-state index contributed by atoms with van der Waals surface area (Å²) in [4.78, 5) is 37.1. The number of aryl methyl sites for hydroxylation is 1. The summed E-state index contributed by atoms with van der Waals surface area (Å²) in [7, 11) is 0. The molecule has 9 nitrogen and oxygen atoms in total. The molecule has 2 aliphatic rings. The van der Waals surface area contributed by atoms with Gasteiger partial charge >= 0.3 is 0 Å². The quantitative estimate of drug-likeness (QED) is 0.614. The van der Waals surface area contributed by atoms with Gasteiger partial charge in [-0.2, -0.15) is 5.10 Å². The van der Waals surface area contributed by atoms with Crippen LogP contribution in [0.2, 0.25) is 0 Å². The molecule has 2 amide bonds. The molecule has 0 aliphatic carbocycles. The molecular formula is C24H25F2N7O2. The number of hydrogen-bond acceptors (Lipinski definition) is 6. The number of halogens is 2. The van der Waals surface area contributed by atoms with Crippen LogP contribution >= 0.6 is 0 Å². The molecule has 4 heterocycles. The van der Waals surface area contributed by atoms with E-state index in [2.05, 4.69) is 15.1 Å². The summed E-state index contributed by atoms with van der Waals surface area (Å²) < 4.78 is 29.1. The number of amides is 2. The van der Waals surface area contributed by atoms with Gasteiger partial charge in [-0.25, -0.2) is 23.4 Å². The normalized spacial score (nSPS) is 17.7. The summed E-state index contributed by atoms with van der Waals surface area (Å²) >= 11 is 0. The Morgan fingerprint density at radius 3 is 2.46 bits per heavy atom. The zero-order valence-electron chi connectivity index (χ0n) is 19.2. The molecule has 2 N–H and O–H groups in total. The van der Waals surface area contributed by atoms with E-state index >= 15 is 0 Å². The third kappa shape index (κ3) is 4.22. The predicted octanol–water partition coefficient (Wildman–Crippen LogP) is 2.90. The summed E-state index contributed by atoms with van der Waals surface area (Å²) in [5.41, 5.74) is 6.29. The maximum absolute atomic E-state index is 14.0. The highest BCUT2D eigenvalue weighted by molar-refractivity contribution is 5.95. The van der Waals surface area contributed by atoms with Gasteiger partial charge in [-0.3, -0.25) is 9.59 Å². The van der Waals surface area contributed by atoms with Crippen molar-refractivity contribution in [1.29, 1.82) is 0 Å².